The highest BCUT2D eigenvalue weighted by Crippen LogP contribution is 2.19. The molecule has 0 saturated carbocycles. The molecule has 1 heterocycles. The van der Waals surface area contributed by atoms with E-state index in [1.165, 1.54) is 0 Å². The first-order chi connectivity index (χ1) is 10.2. The molecule has 0 aromatic carbocycles. The maximum atomic E-state index is 12.0. The average molecular weight is 313 g/mol. The van der Waals surface area contributed by atoms with Crippen LogP contribution in [0.4, 0.5) is 0 Å². The number of morpholine rings is 1. The van der Waals surface area contributed by atoms with Crippen LogP contribution in [-0.4, -0.2) is 61.6 Å². The molecule has 0 radical (unpaired) electrons. The lowest BCUT2D eigenvalue weighted by Crippen LogP contribution is -2.57. The van der Waals surface area contributed by atoms with E-state index < -0.39 is 5.41 Å². The molecule has 1 saturated heterocycles. The number of ether oxygens (including phenoxy) is 1. The van der Waals surface area contributed by atoms with Gasteiger partial charge in [-0.2, -0.15) is 0 Å². The molecule has 6 nitrogen and oxygen atoms in total. The van der Waals surface area contributed by atoms with Crippen molar-refractivity contribution in [3.05, 3.63) is 0 Å². The zero-order chi connectivity index (χ0) is 16.8. The van der Waals surface area contributed by atoms with E-state index >= 15 is 0 Å². The summed E-state index contributed by atoms with van der Waals surface area (Å²) in [5.41, 5.74) is -0.556. The summed E-state index contributed by atoms with van der Waals surface area (Å²) in [6, 6.07) is 0. The van der Waals surface area contributed by atoms with E-state index in [2.05, 4.69) is 29.4 Å². The molecule has 0 spiro atoms. The van der Waals surface area contributed by atoms with Crippen LogP contribution in [0.1, 0.15) is 41.0 Å². The van der Waals surface area contributed by atoms with E-state index in [1.807, 2.05) is 20.8 Å². The van der Waals surface area contributed by atoms with Crippen LogP contribution < -0.4 is 10.6 Å². The lowest BCUT2D eigenvalue weighted by molar-refractivity contribution is -0.131. The van der Waals surface area contributed by atoms with E-state index in [0.29, 0.717) is 6.54 Å². The van der Waals surface area contributed by atoms with Crippen molar-refractivity contribution >= 4 is 11.8 Å². The Morgan fingerprint density at radius 3 is 2.18 bits per heavy atom. The van der Waals surface area contributed by atoms with Gasteiger partial charge in [-0.15, -0.1) is 0 Å². The van der Waals surface area contributed by atoms with Gasteiger partial charge in [0, 0.05) is 30.6 Å². The van der Waals surface area contributed by atoms with Crippen molar-refractivity contribution in [2.75, 3.05) is 39.4 Å². The molecule has 1 aliphatic rings. The van der Waals surface area contributed by atoms with Crippen molar-refractivity contribution in [2.24, 2.45) is 5.41 Å². The summed E-state index contributed by atoms with van der Waals surface area (Å²) >= 11 is 0. The minimum atomic E-state index is -0.480. The summed E-state index contributed by atoms with van der Waals surface area (Å²) in [4.78, 5) is 26.1. The molecule has 2 N–H and O–H groups in total. The van der Waals surface area contributed by atoms with E-state index in [1.54, 1.807) is 0 Å². The molecule has 2 amide bonds. The minimum absolute atomic E-state index is 0.0268. The zero-order valence-corrected chi connectivity index (χ0v) is 14.6. The van der Waals surface area contributed by atoms with E-state index in [-0.39, 0.29) is 23.9 Å². The summed E-state index contributed by atoms with van der Waals surface area (Å²) in [7, 11) is 0. The fraction of sp³-hybridized carbons (Fsp3) is 0.875. The molecule has 0 unspecified atom stereocenters. The molecule has 0 aromatic rings. The second kappa shape index (κ2) is 7.92. The van der Waals surface area contributed by atoms with Gasteiger partial charge in [-0.1, -0.05) is 27.7 Å². The number of hydrogen-bond acceptors (Lipinski definition) is 4. The van der Waals surface area contributed by atoms with Gasteiger partial charge < -0.3 is 15.4 Å². The van der Waals surface area contributed by atoms with Gasteiger partial charge in [-0.3, -0.25) is 14.5 Å². The van der Waals surface area contributed by atoms with E-state index in [0.717, 1.165) is 32.7 Å². The van der Waals surface area contributed by atoms with Crippen LogP contribution >= 0.6 is 0 Å². The van der Waals surface area contributed by atoms with Gasteiger partial charge in [-0.05, 0) is 13.3 Å². The third-order valence-electron chi connectivity index (χ3n) is 4.29. The van der Waals surface area contributed by atoms with Gasteiger partial charge in [0.25, 0.3) is 0 Å². The molecule has 0 aromatic heterocycles. The summed E-state index contributed by atoms with van der Waals surface area (Å²) in [6.45, 7) is 13.6. The van der Waals surface area contributed by atoms with Crippen molar-refractivity contribution < 1.29 is 14.3 Å². The first-order valence-corrected chi connectivity index (χ1v) is 8.07. The van der Waals surface area contributed by atoms with Crippen LogP contribution in [0.5, 0.6) is 0 Å². The second-order valence-electron chi connectivity index (χ2n) is 7.16. The number of nitrogens with one attached hydrogen (secondary N) is 2. The summed E-state index contributed by atoms with van der Waals surface area (Å²) in [5, 5.41) is 5.61. The molecule has 1 atom stereocenters. The monoisotopic (exact) mass is 313 g/mol. The molecule has 0 bridgehead atoms. The van der Waals surface area contributed by atoms with Crippen LogP contribution in [0, 0.1) is 5.41 Å². The predicted octanol–water partition coefficient (Wildman–Crippen LogP) is 0.766. The average Bonchev–Trinajstić information content (AvgIpc) is 2.50. The lowest BCUT2D eigenvalue weighted by atomic mass is 9.95. The number of amides is 2. The molecular weight excluding hydrogens is 282 g/mol. The molecule has 1 aliphatic heterocycles. The fourth-order valence-electron chi connectivity index (χ4n) is 2.34. The van der Waals surface area contributed by atoms with Crippen LogP contribution in [-0.2, 0) is 14.3 Å². The van der Waals surface area contributed by atoms with Crippen molar-refractivity contribution in [3.8, 4) is 0 Å². The van der Waals surface area contributed by atoms with Crippen molar-refractivity contribution in [1.82, 2.24) is 15.5 Å². The second-order valence-corrected chi connectivity index (χ2v) is 7.16. The van der Waals surface area contributed by atoms with E-state index in [9.17, 15) is 9.59 Å². The predicted molar refractivity (Wildman–Crippen MR) is 86.6 cm³/mol. The molecule has 1 rings (SSSR count). The molecule has 6 heteroatoms. The normalized spacial score (nSPS) is 19.3. The van der Waals surface area contributed by atoms with Crippen LogP contribution in [0.25, 0.3) is 0 Å². The topological polar surface area (TPSA) is 70.7 Å². The van der Waals surface area contributed by atoms with Gasteiger partial charge in [0.2, 0.25) is 11.8 Å². The number of nitrogens with zero attached hydrogens (tertiary/aromatic N) is 1. The standard InChI is InChI=1S/C16H31N3O3/c1-6-16(5,19-7-9-22-10-8-19)12-18-13(20)11-17-14(21)15(2,3)4/h6-12H2,1-5H3,(H,17,21)(H,18,20)/t16-/m0/s1. The maximum absolute atomic E-state index is 12.0. The summed E-state index contributed by atoms with van der Waals surface area (Å²) in [6.07, 6.45) is 0.946. The highest BCUT2D eigenvalue weighted by molar-refractivity contribution is 5.87. The van der Waals surface area contributed by atoms with Crippen LogP contribution in [0.3, 0.4) is 0 Å². The maximum Gasteiger partial charge on any atom is 0.239 e. The molecule has 22 heavy (non-hydrogen) atoms. The van der Waals surface area contributed by atoms with Crippen molar-refractivity contribution in [2.45, 2.75) is 46.6 Å². The number of carbonyl (C=O) groups is 2. The molecule has 0 aliphatic carbocycles. The van der Waals surface area contributed by atoms with Crippen LogP contribution in [0.2, 0.25) is 0 Å². The largest absolute Gasteiger partial charge is 0.379 e. The van der Waals surface area contributed by atoms with Crippen LogP contribution in [0.15, 0.2) is 0 Å². The SMILES string of the molecule is CC[C@@](C)(CNC(=O)CNC(=O)C(C)(C)C)N1CCOCC1. The molecule has 128 valence electrons. The van der Waals surface area contributed by atoms with Gasteiger partial charge in [0.1, 0.15) is 0 Å². The van der Waals surface area contributed by atoms with Crippen molar-refractivity contribution in [1.29, 1.82) is 0 Å². The Morgan fingerprint density at radius 2 is 1.68 bits per heavy atom. The lowest BCUT2D eigenvalue weighted by Gasteiger charge is -2.43. The van der Waals surface area contributed by atoms with E-state index in [4.69, 9.17) is 4.74 Å². The third-order valence-corrected chi connectivity index (χ3v) is 4.29. The number of hydrogen-bond donors (Lipinski definition) is 2. The Kier molecular flexibility index (Phi) is 6.81. The Bertz CT molecular complexity index is 387. The van der Waals surface area contributed by atoms with Gasteiger partial charge >= 0.3 is 0 Å². The minimum Gasteiger partial charge on any atom is -0.379 e. The van der Waals surface area contributed by atoms with Gasteiger partial charge in [-0.25, -0.2) is 0 Å². The Labute approximate surface area is 134 Å². The first-order valence-electron chi connectivity index (χ1n) is 8.07. The fourth-order valence-corrected chi connectivity index (χ4v) is 2.34. The molecule has 1 fully saturated rings. The highest BCUT2D eigenvalue weighted by atomic mass is 16.5. The van der Waals surface area contributed by atoms with Crippen molar-refractivity contribution in [3.63, 3.8) is 0 Å². The number of rotatable bonds is 6. The summed E-state index contributed by atoms with van der Waals surface area (Å²) < 4.78 is 5.39. The Balaban J connectivity index is 2.42. The smallest absolute Gasteiger partial charge is 0.239 e. The third kappa shape index (κ3) is 5.57. The Hall–Kier alpha value is -1.14. The quantitative estimate of drug-likeness (QED) is 0.760. The number of carbonyl (C=O) groups excluding carboxylic acids is 2. The zero-order valence-electron chi connectivity index (χ0n) is 14.6. The Morgan fingerprint density at radius 1 is 1.09 bits per heavy atom. The highest BCUT2D eigenvalue weighted by Gasteiger charge is 2.31. The summed E-state index contributed by atoms with van der Waals surface area (Å²) in [5.74, 6) is -0.264. The van der Waals surface area contributed by atoms with Gasteiger partial charge in [0.15, 0.2) is 0 Å². The molecular formula is C16H31N3O3. The van der Waals surface area contributed by atoms with Gasteiger partial charge in [0.05, 0.1) is 19.8 Å². The first kappa shape index (κ1) is 18.9.